The Labute approximate surface area is 75.7 Å². The van der Waals surface area contributed by atoms with Gasteiger partial charge in [0.15, 0.2) is 0 Å². The molecule has 72 valence electrons. The second kappa shape index (κ2) is 4.83. The molecule has 0 amide bonds. The number of hydrogen-bond acceptors (Lipinski definition) is 2. The van der Waals surface area contributed by atoms with Crippen molar-refractivity contribution < 1.29 is 4.74 Å². The first-order valence-corrected chi connectivity index (χ1v) is 4.99. The van der Waals surface area contributed by atoms with Crippen molar-refractivity contribution in [1.29, 1.82) is 0 Å². The number of nitrogens with one attached hydrogen (secondary N) is 1. The summed E-state index contributed by atoms with van der Waals surface area (Å²) in [4.78, 5) is 0. The fourth-order valence-electron chi connectivity index (χ4n) is 1.56. The first kappa shape index (κ1) is 10.0. The van der Waals surface area contributed by atoms with E-state index in [1.165, 1.54) is 12.8 Å². The molecule has 1 saturated carbocycles. The Morgan fingerprint density at radius 2 is 2.08 bits per heavy atom. The van der Waals surface area contributed by atoms with Crippen LogP contribution in [0.15, 0.2) is 0 Å². The molecule has 0 spiro atoms. The topological polar surface area (TPSA) is 21.3 Å². The van der Waals surface area contributed by atoms with Gasteiger partial charge in [0.25, 0.3) is 0 Å². The van der Waals surface area contributed by atoms with Crippen LogP contribution in [0.3, 0.4) is 0 Å². The van der Waals surface area contributed by atoms with Crippen LogP contribution in [0.2, 0.25) is 0 Å². The normalized spacial score (nSPS) is 22.2. The van der Waals surface area contributed by atoms with E-state index in [9.17, 15) is 0 Å². The third kappa shape index (κ3) is 3.55. The van der Waals surface area contributed by atoms with Crippen LogP contribution in [0.1, 0.15) is 33.1 Å². The van der Waals surface area contributed by atoms with E-state index in [4.69, 9.17) is 4.74 Å². The second-order valence-electron chi connectivity index (χ2n) is 3.98. The molecule has 2 nitrogen and oxygen atoms in total. The Kier molecular flexibility index (Phi) is 4.02. The van der Waals surface area contributed by atoms with Gasteiger partial charge in [0.1, 0.15) is 0 Å². The summed E-state index contributed by atoms with van der Waals surface area (Å²) in [6.07, 6.45) is 3.96. The molecule has 2 atom stereocenters. The lowest BCUT2D eigenvalue weighted by molar-refractivity contribution is 0.182. The first-order valence-electron chi connectivity index (χ1n) is 4.99. The Morgan fingerprint density at radius 1 is 1.42 bits per heavy atom. The van der Waals surface area contributed by atoms with Crippen molar-refractivity contribution in [3.8, 4) is 0 Å². The molecule has 0 aliphatic heterocycles. The zero-order valence-electron chi connectivity index (χ0n) is 8.47. The Hall–Kier alpha value is -0.0800. The van der Waals surface area contributed by atoms with Crippen molar-refractivity contribution >= 4 is 0 Å². The lowest BCUT2D eigenvalue weighted by atomic mass is 10.1. The van der Waals surface area contributed by atoms with E-state index in [0.29, 0.717) is 12.1 Å². The molecule has 1 rings (SSSR count). The number of rotatable bonds is 6. The van der Waals surface area contributed by atoms with Crippen molar-refractivity contribution in [2.24, 2.45) is 5.92 Å². The minimum atomic E-state index is 0.598. The average Bonchev–Trinajstić information content (AvgIpc) is 2.82. The molecule has 0 aromatic carbocycles. The first-order chi connectivity index (χ1) is 5.74. The number of methoxy groups -OCH3 is 1. The SMILES string of the molecule is COCCC(C)NC(C)C1CC1. The van der Waals surface area contributed by atoms with Gasteiger partial charge in [-0.25, -0.2) is 0 Å². The van der Waals surface area contributed by atoms with Crippen LogP contribution in [-0.2, 0) is 4.74 Å². The van der Waals surface area contributed by atoms with E-state index >= 15 is 0 Å². The molecule has 2 unspecified atom stereocenters. The predicted octanol–water partition coefficient (Wildman–Crippen LogP) is 1.80. The summed E-state index contributed by atoms with van der Waals surface area (Å²) in [7, 11) is 1.76. The fourth-order valence-corrected chi connectivity index (χ4v) is 1.56. The predicted molar refractivity (Wildman–Crippen MR) is 51.3 cm³/mol. The van der Waals surface area contributed by atoms with Crippen molar-refractivity contribution in [1.82, 2.24) is 5.32 Å². The maximum Gasteiger partial charge on any atom is 0.0476 e. The highest BCUT2D eigenvalue weighted by molar-refractivity contribution is 4.84. The fraction of sp³-hybridized carbons (Fsp3) is 1.00. The molecule has 0 heterocycles. The van der Waals surface area contributed by atoms with E-state index < -0.39 is 0 Å². The van der Waals surface area contributed by atoms with Gasteiger partial charge >= 0.3 is 0 Å². The lowest BCUT2D eigenvalue weighted by Gasteiger charge is -2.19. The van der Waals surface area contributed by atoms with Gasteiger partial charge in [-0.1, -0.05) is 0 Å². The lowest BCUT2D eigenvalue weighted by Crippen LogP contribution is -2.36. The molecule has 1 fully saturated rings. The van der Waals surface area contributed by atoms with Gasteiger partial charge < -0.3 is 10.1 Å². The average molecular weight is 171 g/mol. The third-order valence-corrected chi connectivity index (χ3v) is 2.63. The van der Waals surface area contributed by atoms with Gasteiger partial charge in [0.05, 0.1) is 0 Å². The maximum atomic E-state index is 5.03. The summed E-state index contributed by atoms with van der Waals surface area (Å²) < 4.78 is 5.03. The quantitative estimate of drug-likeness (QED) is 0.658. The van der Waals surface area contributed by atoms with Crippen LogP contribution in [0.4, 0.5) is 0 Å². The number of ether oxygens (including phenoxy) is 1. The summed E-state index contributed by atoms with van der Waals surface area (Å²) in [5.74, 6) is 0.954. The highest BCUT2D eigenvalue weighted by Gasteiger charge is 2.28. The molecular weight excluding hydrogens is 150 g/mol. The van der Waals surface area contributed by atoms with Crippen molar-refractivity contribution in [2.45, 2.75) is 45.2 Å². The maximum absolute atomic E-state index is 5.03. The molecule has 0 aromatic heterocycles. The summed E-state index contributed by atoms with van der Waals surface area (Å²) >= 11 is 0. The molecular formula is C10H21NO. The highest BCUT2D eigenvalue weighted by atomic mass is 16.5. The molecule has 12 heavy (non-hydrogen) atoms. The van der Waals surface area contributed by atoms with Crippen LogP contribution < -0.4 is 5.32 Å². The molecule has 0 radical (unpaired) electrons. The van der Waals surface area contributed by atoms with Gasteiger partial charge in [-0.2, -0.15) is 0 Å². The van der Waals surface area contributed by atoms with Crippen LogP contribution in [0.25, 0.3) is 0 Å². The van der Waals surface area contributed by atoms with E-state index in [0.717, 1.165) is 18.9 Å². The summed E-state index contributed by atoms with van der Waals surface area (Å²) in [6.45, 7) is 5.39. The summed E-state index contributed by atoms with van der Waals surface area (Å²) in [5.41, 5.74) is 0. The molecule has 1 aliphatic rings. The van der Waals surface area contributed by atoms with E-state index in [1.54, 1.807) is 7.11 Å². The van der Waals surface area contributed by atoms with E-state index in [2.05, 4.69) is 19.2 Å². The zero-order valence-corrected chi connectivity index (χ0v) is 8.47. The van der Waals surface area contributed by atoms with Crippen molar-refractivity contribution in [3.05, 3.63) is 0 Å². The molecule has 0 bridgehead atoms. The zero-order chi connectivity index (χ0) is 8.97. The molecule has 1 N–H and O–H groups in total. The van der Waals surface area contributed by atoms with Crippen LogP contribution in [0.5, 0.6) is 0 Å². The van der Waals surface area contributed by atoms with E-state index in [1.807, 2.05) is 0 Å². The Morgan fingerprint density at radius 3 is 2.58 bits per heavy atom. The minimum Gasteiger partial charge on any atom is -0.385 e. The summed E-state index contributed by atoms with van der Waals surface area (Å²) in [6, 6.07) is 1.30. The highest BCUT2D eigenvalue weighted by Crippen LogP contribution is 2.32. The van der Waals surface area contributed by atoms with Crippen LogP contribution in [0, 0.1) is 5.92 Å². The monoisotopic (exact) mass is 171 g/mol. The third-order valence-electron chi connectivity index (χ3n) is 2.63. The summed E-state index contributed by atoms with van der Waals surface area (Å²) in [5, 5.41) is 3.60. The van der Waals surface area contributed by atoms with E-state index in [-0.39, 0.29) is 0 Å². The molecule has 0 aromatic rings. The van der Waals surface area contributed by atoms with Crippen molar-refractivity contribution in [2.75, 3.05) is 13.7 Å². The molecule has 2 heteroatoms. The van der Waals surface area contributed by atoms with Crippen molar-refractivity contribution in [3.63, 3.8) is 0 Å². The largest absolute Gasteiger partial charge is 0.385 e. The van der Waals surface area contributed by atoms with Crippen LogP contribution >= 0.6 is 0 Å². The van der Waals surface area contributed by atoms with Crippen LogP contribution in [-0.4, -0.2) is 25.8 Å². The standard InChI is InChI=1S/C10H21NO/c1-8(6-7-12-3)11-9(2)10-4-5-10/h8-11H,4-7H2,1-3H3. The Balaban J connectivity index is 2.03. The van der Waals surface area contributed by atoms with Gasteiger partial charge in [-0.15, -0.1) is 0 Å². The van der Waals surface area contributed by atoms with Gasteiger partial charge in [0, 0.05) is 25.8 Å². The Bertz CT molecular complexity index is 123. The molecule has 0 saturated heterocycles. The minimum absolute atomic E-state index is 0.598. The van der Waals surface area contributed by atoms with Gasteiger partial charge in [-0.3, -0.25) is 0 Å². The molecule has 1 aliphatic carbocycles. The van der Waals surface area contributed by atoms with Gasteiger partial charge in [-0.05, 0) is 39.0 Å². The number of hydrogen-bond donors (Lipinski definition) is 1. The smallest absolute Gasteiger partial charge is 0.0476 e. The second-order valence-corrected chi connectivity index (χ2v) is 3.98. The van der Waals surface area contributed by atoms with Gasteiger partial charge in [0.2, 0.25) is 0 Å².